The van der Waals surface area contributed by atoms with Crippen LogP contribution in [0.15, 0.2) is 102 Å². The Kier molecular flexibility index (Phi) is 6.36. The molecule has 1 aliphatic heterocycles. The lowest BCUT2D eigenvalue weighted by molar-refractivity contribution is -0.432. The van der Waals surface area contributed by atoms with Crippen molar-refractivity contribution >= 4 is 56.7 Å². The summed E-state index contributed by atoms with van der Waals surface area (Å²) in [7, 11) is 0. The van der Waals surface area contributed by atoms with E-state index < -0.39 is 0 Å². The van der Waals surface area contributed by atoms with Crippen LogP contribution in [0.5, 0.6) is 0 Å². The van der Waals surface area contributed by atoms with Gasteiger partial charge in [0.2, 0.25) is 5.69 Å². The lowest BCUT2D eigenvalue weighted by Crippen LogP contribution is -2.33. The van der Waals surface area contributed by atoms with E-state index in [2.05, 4.69) is 140 Å². The van der Waals surface area contributed by atoms with Gasteiger partial charge in [-0.1, -0.05) is 60.7 Å². The molecule has 0 radical (unpaired) electrons. The number of aromatic nitrogens is 2. The van der Waals surface area contributed by atoms with E-state index >= 15 is 0 Å². The average molecular weight is 569 g/mol. The zero-order valence-electron chi connectivity index (χ0n) is 24.5. The van der Waals surface area contributed by atoms with Gasteiger partial charge in [0.15, 0.2) is 5.71 Å². The van der Waals surface area contributed by atoms with Crippen molar-refractivity contribution in [3.05, 3.63) is 128 Å². The van der Waals surface area contributed by atoms with Gasteiger partial charge in [0.1, 0.15) is 11.2 Å². The minimum Gasteiger partial charge on any atom is -0.309 e. The molecule has 0 aliphatic carbocycles. The maximum absolute atomic E-state index is 13.7. The molecule has 2 aromatic heterocycles. The van der Waals surface area contributed by atoms with Gasteiger partial charge >= 0.3 is 0 Å². The standard InChI is InChI=1S/C37H34N3OS/c1-5-38-32-19-13-11-17-29(32)37(3,4)34(38)24-35-39(6-2)36(41)33(42-35)23-25-20-21-31-28(22-25)27-16-10-12-18-30(27)40(31)26-14-8-7-9-15-26/h7-24H,5-6H2,1-4H3/q+1. The molecule has 1 aliphatic rings. The number of rotatable bonds is 5. The van der Waals surface area contributed by atoms with Crippen LogP contribution < -0.4 is 14.8 Å². The van der Waals surface area contributed by atoms with Gasteiger partial charge in [-0.15, -0.1) is 11.3 Å². The van der Waals surface area contributed by atoms with Crippen molar-refractivity contribution in [1.82, 2.24) is 9.13 Å². The summed E-state index contributed by atoms with van der Waals surface area (Å²) in [5.74, 6) is 0. The molecule has 0 saturated heterocycles. The van der Waals surface area contributed by atoms with E-state index in [-0.39, 0.29) is 11.0 Å². The third kappa shape index (κ3) is 4.03. The zero-order chi connectivity index (χ0) is 29.0. The molecule has 0 amide bonds. The number of para-hydroxylation sites is 3. The number of fused-ring (bicyclic) bond motifs is 4. The minimum atomic E-state index is -0.146. The van der Waals surface area contributed by atoms with E-state index in [1.54, 1.807) is 11.3 Å². The quantitative estimate of drug-likeness (QED) is 0.212. The molecule has 4 nitrogen and oxygen atoms in total. The van der Waals surface area contributed by atoms with Gasteiger partial charge < -0.3 is 4.57 Å². The summed E-state index contributed by atoms with van der Waals surface area (Å²) in [4.78, 5) is 13.7. The maximum Gasteiger partial charge on any atom is 0.269 e. The van der Waals surface area contributed by atoms with E-state index in [1.807, 2.05) is 10.6 Å². The normalized spacial score (nSPS) is 15.3. The van der Waals surface area contributed by atoms with E-state index in [0.717, 1.165) is 32.5 Å². The molecule has 42 heavy (non-hydrogen) atoms. The Hall–Kier alpha value is -4.48. The van der Waals surface area contributed by atoms with Crippen molar-refractivity contribution in [3.63, 3.8) is 0 Å². The summed E-state index contributed by atoms with van der Waals surface area (Å²) in [6.07, 6.45) is 4.30. The SMILES string of the molecule is CCn1c(=CC2=[N+](CC)c3ccccc3C2(C)C)sc(=Cc2ccc3c(c2)c2ccccc2n3-c2ccccc2)c1=O. The van der Waals surface area contributed by atoms with Gasteiger partial charge in [0, 0.05) is 40.7 Å². The smallest absolute Gasteiger partial charge is 0.269 e. The molecular formula is C37H34N3OS+. The highest BCUT2D eigenvalue weighted by atomic mass is 32.1. The molecule has 4 aromatic carbocycles. The van der Waals surface area contributed by atoms with Crippen molar-refractivity contribution in [3.8, 4) is 5.69 Å². The van der Waals surface area contributed by atoms with Crippen LogP contribution in [0.1, 0.15) is 38.8 Å². The number of hydrogen-bond donors (Lipinski definition) is 0. The summed E-state index contributed by atoms with van der Waals surface area (Å²) >= 11 is 1.58. The summed E-state index contributed by atoms with van der Waals surface area (Å²) < 4.78 is 8.36. The lowest BCUT2D eigenvalue weighted by atomic mass is 9.81. The van der Waals surface area contributed by atoms with Gasteiger partial charge in [-0.05, 0) is 69.7 Å². The van der Waals surface area contributed by atoms with E-state index in [0.29, 0.717) is 6.54 Å². The maximum atomic E-state index is 13.7. The first-order valence-electron chi connectivity index (χ1n) is 14.7. The highest BCUT2D eigenvalue weighted by Gasteiger charge is 2.43. The van der Waals surface area contributed by atoms with Gasteiger partial charge in [-0.3, -0.25) is 9.36 Å². The van der Waals surface area contributed by atoms with Crippen LogP contribution in [0, 0.1) is 0 Å². The molecule has 208 valence electrons. The van der Waals surface area contributed by atoms with Crippen LogP contribution in [0.3, 0.4) is 0 Å². The molecule has 0 saturated carbocycles. The molecule has 0 atom stereocenters. The second-order valence-electron chi connectivity index (χ2n) is 11.4. The summed E-state index contributed by atoms with van der Waals surface area (Å²) in [5.41, 5.74) is 8.24. The number of benzene rings is 4. The van der Waals surface area contributed by atoms with Gasteiger partial charge in [0.05, 0.1) is 21.0 Å². The van der Waals surface area contributed by atoms with Crippen LogP contribution in [-0.4, -0.2) is 26.0 Å². The Morgan fingerprint density at radius 2 is 1.52 bits per heavy atom. The van der Waals surface area contributed by atoms with E-state index in [4.69, 9.17) is 0 Å². The molecule has 7 rings (SSSR count). The Bertz CT molecular complexity index is 2210. The second-order valence-corrected chi connectivity index (χ2v) is 12.4. The first kappa shape index (κ1) is 26.4. The Morgan fingerprint density at radius 1 is 0.810 bits per heavy atom. The zero-order valence-corrected chi connectivity index (χ0v) is 25.3. The van der Waals surface area contributed by atoms with Gasteiger partial charge in [-0.25, -0.2) is 0 Å². The number of hydrogen-bond acceptors (Lipinski definition) is 2. The molecule has 0 spiro atoms. The fraction of sp³-hybridized carbons (Fsp3) is 0.189. The highest BCUT2D eigenvalue weighted by molar-refractivity contribution is 7.07. The van der Waals surface area contributed by atoms with Crippen molar-refractivity contribution in [2.45, 2.75) is 39.7 Å². The Morgan fingerprint density at radius 3 is 2.31 bits per heavy atom. The Labute approximate surface area is 249 Å². The molecule has 0 bridgehead atoms. The van der Waals surface area contributed by atoms with Crippen molar-refractivity contribution in [1.29, 1.82) is 0 Å². The first-order chi connectivity index (χ1) is 20.4. The Balaban J connectivity index is 1.40. The third-order valence-electron chi connectivity index (χ3n) is 8.64. The molecule has 5 heteroatoms. The average Bonchev–Trinajstić information content (AvgIpc) is 3.58. The molecule has 6 aromatic rings. The van der Waals surface area contributed by atoms with E-state index in [1.165, 1.54) is 33.3 Å². The predicted molar refractivity (Wildman–Crippen MR) is 177 cm³/mol. The fourth-order valence-electron chi connectivity index (χ4n) is 6.59. The number of nitrogens with zero attached hydrogens (tertiary/aromatic N) is 3. The van der Waals surface area contributed by atoms with E-state index in [9.17, 15) is 4.79 Å². The van der Waals surface area contributed by atoms with Crippen LogP contribution >= 0.6 is 11.3 Å². The highest BCUT2D eigenvalue weighted by Crippen LogP contribution is 2.39. The predicted octanol–water partition coefficient (Wildman–Crippen LogP) is 6.73. The minimum absolute atomic E-state index is 0.0672. The third-order valence-corrected chi connectivity index (χ3v) is 9.70. The lowest BCUT2D eigenvalue weighted by Gasteiger charge is -2.15. The summed E-state index contributed by atoms with van der Waals surface area (Å²) in [6, 6.07) is 34.2. The number of thiazole rings is 1. The summed E-state index contributed by atoms with van der Waals surface area (Å²) in [6.45, 7) is 10.3. The van der Waals surface area contributed by atoms with Crippen molar-refractivity contribution < 1.29 is 4.58 Å². The summed E-state index contributed by atoms with van der Waals surface area (Å²) in [5, 5.41) is 2.39. The molecular weight excluding hydrogens is 534 g/mol. The van der Waals surface area contributed by atoms with Crippen molar-refractivity contribution in [2.75, 3.05) is 6.54 Å². The van der Waals surface area contributed by atoms with Crippen LogP contribution in [0.4, 0.5) is 5.69 Å². The molecule has 3 heterocycles. The topological polar surface area (TPSA) is 29.9 Å². The molecule has 0 fully saturated rings. The molecule has 0 N–H and O–H groups in total. The van der Waals surface area contributed by atoms with Crippen molar-refractivity contribution in [2.24, 2.45) is 0 Å². The van der Waals surface area contributed by atoms with Crippen LogP contribution in [0.2, 0.25) is 0 Å². The van der Waals surface area contributed by atoms with Crippen LogP contribution in [0.25, 0.3) is 39.6 Å². The first-order valence-corrected chi connectivity index (χ1v) is 15.5. The fourth-order valence-corrected chi connectivity index (χ4v) is 7.70. The second kappa shape index (κ2) is 10.1. The monoisotopic (exact) mass is 568 g/mol. The van der Waals surface area contributed by atoms with Gasteiger partial charge in [-0.2, -0.15) is 4.58 Å². The largest absolute Gasteiger partial charge is 0.309 e. The van der Waals surface area contributed by atoms with Crippen LogP contribution in [-0.2, 0) is 12.0 Å². The molecule has 0 unspecified atom stereocenters. The van der Waals surface area contributed by atoms with Gasteiger partial charge in [0.25, 0.3) is 5.56 Å².